The number of nitro benzene ring substituents is 1. The number of rotatable bonds is 8. The van der Waals surface area contributed by atoms with Gasteiger partial charge in [0.2, 0.25) is 5.91 Å². The van der Waals surface area contributed by atoms with Crippen LogP contribution in [0.15, 0.2) is 47.6 Å². The molecule has 2 aromatic rings. The third-order valence-corrected chi connectivity index (χ3v) is 4.71. The normalized spacial score (nSPS) is 14.6. The van der Waals surface area contributed by atoms with E-state index in [1.54, 1.807) is 19.2 Å². The second-order valence-corrected chi connectivity index (χ2v) is 6.85. The minimum absolute atomic E-state index is 0.00331. The van der Waals surface area contributed by atoms with E-state index in [0.29, 0.717) is 5.56 Å². The zero-order valence-electron chi connectivity index (χ0n) is 16.7. The van der Waals surface area contributed by atoms with Gasteiger partial charge in [0.1, 0.15) is 5.75 Å². The van der Waals surface area contributed by atoms with E-state index in [9.17, 15) is 14.9 Å². The molecule has 1 aliphatic rings. The van der Waals surface area contributed by atoms with Gasteiger partial charge >= 0.3 is 0 Å². The number of nitro groups is 1. The van der Waals surface area contributed by atoms with Gasteiger partial charge in [-0.15, -0.1) is 0 Å². The molecule has 0 aliphatic carbocycles. The van der Waals surface area contributed by atoms with Gasteiger partial charge < -0.3 is 9.47 Å². The standard InChI is InChI=1S/C21H24N4O5/c1-29-20-7-4-17(12-18(20)15-24-8-10-30-11-9-24)13-21(26)23-22-14-16-2-5-19(6-3-16)25(27)28/h2-7,12,14H,8-11,13,15H2,1H3,(H,23,26)/b22-14+. The van der Waals surface area contributed by atoms with Crippen LogP contribution in [0.4, 0.5) is 5.69 Å². The number of methoxy groups -OCH3 is 1. The lowest BCUT2D eigenvalue weighted by Gasteiger charge is -2.27. The molecule has 3 rings (SSSR count). The third-order valence-electron chi connectivity index (χ3n) is 4.71. The van der Waals surface area contributed by atoms with Crippen LogP contribution >= 0.6 is 0 Å². The van der Waals surface area contributed by atoms with Crippen LogP contribution in [0.25, 0.3) is 0 Å². The van der Waals surface area contributed by atoms with Crippen LogP contribution in [0, 0.1) is 10.1 Å². The number of amides is 1. The number of morpholine rings is 1. The summed E-state index contributed by atoms with van der Waals surface area (Å²) in [7, 11) is 1.64. The van der Waals surface area contributed by atoms with Gasteiger partial charge in [0.25, 0.3) is 5.69 Å². The first kappa shape index (κ1) is 21.4. The van der Waals surface area contributed by atoms with Crippen molar-refractivity contribution in [3.8, 4) is 5.75 Å². The Balaban J connectivity index is 1.57. The first-order chi connectivity index (χ1) is 14.5. The summed E-state index contributed by atoms with van der Waals surface area (Å²) in [6, 6.07) is 11.6. The van der Waals surface area contributed by atoms with Crippen molar-refractivity contribution in [2.45, 2.75) is 13.0 Å². The molecule has 0 radical (unpaired) electrons. The van der Waals surface area contributed by atoms with Crippen molar-refractivity contribution in [1.82, 2.24) is 10.3 Å². The summed E-state index contributed by atoms with van der Waals surface area (Å²) >= 11 is 0. The number of hydrogen-bond acceptors (Lipinski definition) is 7. The van der Waals surface area contributed by atoms with Gasteiger partial charge in [-0.3, -0.25) is 19.8 Å². The highest BCUT2D eigenvalue weighted by molar-refractivity contribution is 5.83. The Morgan fingerprint density at radius 2 is 2.00 bits per heavy atom. The number of carbonyl (C=O) groups is 1. The molecule has 158 valence electrons. The maximum absolute atomic E-state index is 12.2. The summed E-state index contributed by atoms with van der Waals surface area (Å²) in [6.45, 7) is 3.91. The molecule has 0 aromatic heterocycles. The lowest BCUT2D eigenvalue weighted by atomic mass is 10.1. The molecule has 9 heteroatoms. The lowest BCUT2D eigenvalue weighted by Crippen LogP contribution is -2.35. The Hall–Kier alpha value is -3.30. The maximum atomic E-state index is 12.2. The number of hydrogen-bond donors (Lipinski definition) is 1. The largest absolute Gasteiger partial charge is 0.496 e. The van der Waals surface area contributed by atoms with Crippen LogP contribution in [0.2, 0.25) is 0 Å². The van der Waals surface area contributed by atoms with Crippen molar-refractivity contribution in [2.75, 3.05) is 33.4 Å². The van der Waals surface area contributed by atoms with E-state index in [0.717, 1.165) is 49.7 Å². The Labute approximate surface area is 174 Å². The first-order valence-electron chi connectivity index (χ1n) is 9.57. The van der Waals surface area contributed by atoms with Crippen molar-refractivity contribution >= 4 is 17.8 Å². The number of ether oxygens (including phenoxy) is 2. The first-order valence-corrected chi connectivity index (χ1v) is 9.57. The van der Waals surface area contributed by atoms with Crippen LogP contribution < -0.4 is 10.2 Å². The monoisotopic (exact) mass is 412 g/mol. The van der Waals surface area contributed by atoms with Crippen molar-refractivity contribution < 1.29 is 19.2 Å². The molecular weight excluding hydrogens is 388 g/mol. The number of nitrogens with one attached hydrogen (secondary N) is 1. The van der Waals surface area contributed by atoms with E-state index in [1.165, 1.54) is 18.3 Å². The fourth-order valence-electron chi connectivity index (χ4n) is 3.15. The number of benzene rings is 2. The average molecular weight is 412 g/mol. The van der Waals surface area contributed by atoms with E-state index in [1.807, 2.05) is 18.2 Å². The number of nitrogens with zero attached hydrogens (tertiary/aromatic N) is 3. The summed E-state index contributed by atoms with van der Waals surface area (Å²) in [5.41, 5.74) is 5.03. The molecule has 0 spiro atoms. The van der Waals surface area contributed by atoms with Crippen molar-refractivity contribution in [1.29, 1.82) is 0 Å². The maximum Gasteiger partial charge on any atom is 0.269 e. The molecule has 0 unspecified atom stereocenters. The molecule has 1 heterocycles. The summed E-state index contributed by atoms with van der Waals surface area (Å²) in [5, 5.41) is 14.6. The van der Waals surface area contributed by atoms with Crippen molar-refractivity contribution in [3.63, 3.8) is 0 Å². The van der Waals surface area contributed by atoms with E-state index in [4.69, 9.17) is 9.47 Å². The Morgan fingerprint density at radius 3 is 2.67 bits per heavy atom. The van der Waals surface area contributed by atoms with Gasteiger partial charge in [0.15, 0.2) is 0 Å². The summed E-state index contributed by atoms with van der Waals surface area (Å²) in [5.74, 6) is 0.539. The predicted octanol–water partition coefficient (Wildman–Crippen LogP) is 2.13. The van der Waals surface area contributed by atoms with Gasteiger partial charge in [-0.2, -0.15) is 5.10 Å². The zero-order chi connectivity index (χ0) is 21.3. The molecule has 0 atom stereocenters. The topological polar surface area (TPSA) is 106 Å². The van der Waals surface area contributed by atoms with Crippen LogP contribution in [0.3, 0.4) is 0 Å². The minimum Gasteiger partial charge on any atom is -0.496 e. The highest BCUT2D eigenvalue weighted by Gasteiger charge is 2.14. The number of non-ortho nitro benzene ring substituents is 1. The number of carbonyl (C=O) groups excluding carboxylic acids is 1. The molecule has 1 amide bonds. The van der Waals surface area contributed by atoms with Gasteiger partial charge in [-0.1, -0.05) is 12.1 Å². The summed E-state index contributed by atoms with van der Waals surface area (Å²) in [4.78, 5) is 24.7. The van der Waals surface area contributed by atoms with Crippen LogP contribution in [-0.2, 0) is 22.5 Å². The minimum atomic E-state index is -0.467. The molecule has 0 saturated carbocycles. The summed E-state index contributed by atoms with van der Waals surface area (Å²) in [6.07, 6.45) is 1.62. The second-order valence-electron chi connectivity index (χ2n) is 6.85. The molecule has 0 bridgehead atoms. The smallest absolute Gasteiger partial charge is 0.269 e. The van der Waals surface area contributed by atoms with E-state index in [2.05, 4.69) is 15.4 Å². The Bertz CT molecular complexity index is 908. The van der Waals surface area contributed by atoms with E-state index < -0.39 is 4.92 Å². The van der Waals surface area contributed by atoms with Crippen molar-refractivity contribution in [2.24, 2.45) is 5.10 Å². The summed E-state index contributed by atoms with van der Waals surface area (Å²) < 4.78 is 10.8. The molecule has 30 heavy (non-hydrogen) atoms. The van der Waals surface area contributed by atoms with E-state index >= 15 is 0 Å². The van der Waals surface area contributed by atoms with Crippen molar-refractivity contribution in [3.05, 3.63) is 69.3 Å². The van der Waals surface area contributed by atoms with Gasteiger partial charge in [-0.05, 0) is 29.3 Å². The number of hydrazone groups is 1. The molecule has 9 nitrogen and oxygen atoms in total. The molecule has 1 saturated heterocycles. The SMILES string of the molecule is COc1ccc(CC(=O)N/N=C/c2ccc([N+](=O)[O-])cc2)cc1CN1CCOCC1. The van der Waals surface area contributed by atoms with Gasteiger partial charge in [0.05, 0.1) is 37.9 Å². The second kappa shape index (κ2) is 10.5. The van der Waals surface area contributed by atoms with Crippen LogP contribution in [0.1, 0.15) is 16.7 Å². The Kier molecular flexibility index (Phi) is 7.47. The van der Waals surface area contributed by atoms with Crippen LogP contribution in [-0.4, -0.2) is 55.4 Å². The third kappa shape index (κ3) is 6.10. The highest BCUT2D eigenvalue weighted by atomic mass is 16.6. The van der Waals surface area contributed by atoms with Crippen LogP contribution in [0.5, 0.6) is 5.75 Å². The molecule has 2 aromatic carbocycles. The molecular formula is C21H24N4O5. The highest BCUT2D eigenvalue weighted by Crippen LogP contribution is 2.22. The lowest BCUT2D eigenvalue weighted by molar-refractivity contribution is -0.384. The Morgan fingerprint density at radius 1 is 1.27 bits per heavy atom. The molecule has 1 aliphatic heterocycles. The molecule has 1 N–H and O–H groups in total. The van der Waals surface area contributed by atoms with E-state index in [-0.39, 0.29) is 18.0 Å². The zero-order valence-corrected chi connectivity index (χ0v) is 16.7. The fourth-order valence-corrected chi connectivity index (χ4v) is 3.15. The quantitative estimate of drug-likeness (QED) is 0.404. The fraction of sp³-hybridized carbons (Fsp3) is 0.333. The van der Waals surface area contributed by atoms with Gasteiger partial charge in [0, 0.05) is 37.3 Å². The average Bonchev–Trinajstić information content (AvgIpc) is 2.75. The van der Waals surface area contributed by atoms with Gasteiger partial charge in [-0.25, -0.2) is 5.43 Å². The molecule has 1 fully saturated rings. The predicted molar refractivity (Wildman–Crippen MR) is 112 cm³/mol.